The van der Waals surface area contributed by atoms with Gasteiger partial charge in [-0.25, -0.2) is 0 Å². The summed E-state index contributed by atoms with van der Waals surface area (Å²) in [5.41, 5.74) is 3.66. The number of carbonyl (C=O) groups excluding carboxylic acids is 2. The third kappa shape index (κ3) is 3.93. The van der Waals surface area contributed by atoms with Gasteiger partial charge < -0.3 is 9.88 Å². The van der Waals surface area contributed by atoms with Crippen LogP contribution in [-0.4, -0.2) is 16.4 Å². The molecule has 0 aliphatic carbocycles. The van der Waals surface area contributed by atoms with Crippen molar-refractivity contribution in [1.29, 1.82) is 0 Å². The van der Waals surface area contributed by atoms with Crippen molar-refractivity contribution >= 4 is 57.0 Å². The zero-order valence-corrected chi connectivity index (χ0v) is 19.0. The molecule has 0 saturated carbocycles. The summed E-state index contributed by atoms with van der Waals surface area (Å²) in [4.78, 5) is 27.7. The zero-order chi connectivity index (χ0) is 22.2. The molecule has 2 aromatic heterocycles. The van der Waals surface area contributed by atoms with E-state index in [-0.39, 0.29) is 16.8 Å². The van der Waals surface area contributed by atoms with Crippen molar-refractivity contribution in [2.75, 3.05) is 10.2 Å². The summed E-state index contributed by atoms with van der Waals surface area (Å²) in [7, 11) is 0. The van der Waals surface area contributed by atoms with Gasteiger partial charge in [0.1, 0.15) is 5.00 Å². The van der Waals surface area contributed by atoms with Gasteiger partial charge in [0.2, 0.25) is 0 Å². The first-order valence-electron chi connectivity index (χ1n) is 9.88. The highest BCUT2D eigenvalue weighted by molar-refractivity contribution is 7.14. The maximum absolute atomic E-state index is 13.4. The van der Waals surface area contributed by atoms with Gasteiger partial charge in [0.05, 0.1) is 23.7 Å². The Bertz CT molecular complexity index is 1330. The summed E-state index contributed by atoms with van der Waals surface area (Å²) in [6.07, 6.45) is 2.04. The fraction of sp³-hybridized carbons (Fsp3) is 0.0833. The molecule has 160 valence electrons. The minimum atomic E-state index is -0.345. The number of amides is 2. The second-order valence-electron chi connectivity index (χ2n) is 7.43. The van der Waals surface area contributed by atoms with Crippen LogP contribution in [0.25, 0.3) is 0 Å². The van der Waals surface area contributed by atoms with Gasteiger partial charge in [0, 0.05) is 33.7 Å². The van der Waals surface area contributed by atoms with Gasteiger partial charge in [0.25, 0.3) is 11.8 Å². The van der Waals surface area contributed by atoms with Gasteiger partial charge in [-0.05, 0) is 66.0 Å². The lowest BCUT2D eigenvalue weighted by Crippen LogP contribution is -2.29. The predicted molar refractivity (Wildman–Crippen MR) is 129 cm³/mol. The Labute approximate surface area is 198 Å². The van der Waals surface area contributed by atoms with Crippen molar-refractivity contribution in [3.8, 4) is 0 Å². The summed E-state index contributed by atoms with van der Waals surface area (Å²) in [5, 5.41) is 6.52. The molecule has 4 aromatic rings. The van der Waals surface area contributed by atoms with E-state index in [0.717, 1.165) is 22.8 Å². The number of anilines is 2. The molecule has 0 radical (unpaired) electrons. The van der Waals surface area contributed by atoms with E-state index in [9.17, 15) is 9.59 Å². The fourth-order valence-electron chi connectivity index (χ4n) is 3.74. The first-order chi connectivity index (χ1) is 15.5. The van der Waals surface area contributed by atoms with Crippen LogP contribution in [0.4, 0.5) is 10.7 Å². The van der Waals surface area contributed by atoms with E-state index < -0.39 is 0 Å². The van der Waals surface area contributed by atoms with Crippen molar-refractivity contribution in [3.05, 3.63) is 105 Å². The van der Waals surface area contributed by atoms with Gasteiger partial charge in [-0.1, -0.05) is 23.2 Å². The molecule has 5 nitrogen and oxygen atoms in total. The molecule has 0 spiro atoms. The third-order valence-corrected chi connectivity index (χ3v) is 6.89. The summed E-state index contributed by atoms with van der Waals surface area (Å²) < 4.78 is 2.17. The van der Waals surface area contributed by atoms with E-state index >= 15 is 0 Å². The van der Waals surface area contributed by atoms with E-state index in [1.807, 2.05) is 28.6 Å². The number of rotatable bonds is 3. The number of fused-ring (bicyclic) bond motifs is 2. The van der Waals surface area contributed by atoms with Gasteiger partial charge in [0.15, 0.2) is 0 Å². The molecule has 32 heavy (non-hydrogen) atoms. The summed E-state index contributed by atoms with van der Waals surface area (Å²) >= 11 is 13.6. The van der Waals surface area contributed by atoms with E-state index in [4.69, 9.17) is 23.2 Å². The number of hydrogen-bond donors (Lipinski definition) is 1. The number of nitrogens with zero attached hydrogens (tertiary/aromatic N) is 2. The van der Waals surface area contributed by atoms with Crippen LogP contribution < -0.4 is 10.2 Å². The molecule has 1 aliphatic rings. The number of halogens is 2. The van der Waals surface area contributed by atoms with Crippen LogP contribution >= 0.6 is 34.5 Å². The molecule has 0 atom stereocenters. The van der Waals surface area contributed by atoms with Crippen molar-refractivity contribution in [2.24, 2.45) is 0 Å². The number of benzene rings is 2. The highest BCUT2D eigenvalue weighted by Crippen LogP contribution is 2.34. The first-order valence-corrected chi connectivity index (χ1v) is 11.5. The van der Waals surface area contributed by atoms with E-state index in [1.54, 1.807) is 47.7 Å². The Morgan fingerprint density at radius 2 is 1.78 bits per heavy atom. The largest absolute Gasteiger partial charge is 0.345 e. The van der Waals surface area contributed by atoms with Crippen molar-refractivity contribution < 1.29 is 9.59 Å². The average Bonchev–Trinajstić information content (AvgIpc) is 3.39. The lowest BCUT2D eigenvalue weighted by Gasteiger charge is -2.20. The Morgan fingerprint density at radius 1 is 0.969 bits per heavy atom. The van der Waals surface area contributed by atoms with Crippen molar-refractivity contribution in [2.45, 2.75) is 13.1 Å². The van der Waals surface area contributed by atoms with Gasteiger partial charge in [-0.3, -0.25) is 14.5 Å². The third-order valence-electron chi connectivity index (χ3n) is 5.36. The quantitative estimate of drug-likeness (QED) is 0.372. The van der Waals surface area contributed by atoms with Gasteiger partial charge in [-0.2, -0.15) is 0 Å². The molecule has 8 heteroatoms. The summed E-state index contributed by atoms with van der Waals surface area (Å²) in [6, 6.07) is 17.7. The molecule has 1 N–H and O–H groups in total. The molecule has 2 amide bonds. The van der Waals surface area contributed by atoms with Crippen LogP contribution in [0.5, 0.6) is 0 Å². The van der Waals surface area contributed by atoms with Crippen molar-refractivity contribution in [3.63, 3.8) is 0 Å². The van der Waals surface area contributed by atoms with E-state index in [0.29, 0.717) is 28.4 Å². The number of aromatic nitrogens is 1. The zero-order valence-electron chi connectivity index (χ0n) is 16.7. The number of thiophene rings is 1. The normalized spacial score (nSPS) is 12.6. The first kappa shape index (κ1) is 20.8. The maximum Gasteiger partial charge on any atom is 0.259 e. The van der Waals surface area contributed by atoms with Gasteiger partial charge >= 0.3 is 0 Å². The Kier molecular flexibility index (Phi) is 5.51. The van der Waals surface area contributed by atoms with Crippen LogP contribution in [0, 0.1) is 0 Å². The highest BCUT2D eigenvalue weighted by Gasteiger charge is 2.26. The Morgan fingerprint density at radius 3 is 2.56 bits per heavy atom. The summed E-state index contributed by atoms with van der Waals surface area (Å²) in [6.45, 7) is 1.26. The average molecular weight is 482 g/mol. The standard InChI is InChI=1S/C24H17Cl2N3O2S/c25-17-5-8-20(21(26)12-17)22(30)27-18-6-3-15(4-7-18)23(31)29-14-19-2-1-10-28(19)13-16-9-11-32-24(16)29/h1-12H,13-14H2,(H,27,30). The second kappa shape index (κ2) is 8.47. The minimum absolute atomic E-state index is 0.0815. The topological polar surface area (TPSA) is 54.3 Å². The lowest BCUT2D eigenvalue weighted by molar-refractivity contribution is 0.0984. The molecular weight excluding hydrogens is 465 g/mol. The van der Waals surface area contributed by atoms with Crippen LogP contribution in [0.1, 0.15) is 32.0 Å². The molecule has 0 unspecified atom stereocenters. The van der Waals surface area contributed by atoms with Gasteiger partial charge in [-0.15, -0.1) is 11.3 Å². The highest BCUT2D eigenvalue weighted by atomic mass is 35.5. The molecule has 3 heterocycles. The minimum Gasteiger partial charge on any atom is -0.345 e. The second-order valence-corrected chi connectivity index (χ2v) is 9.16. The molecular formula is C24H17Cl2N3O2S. The van der Waals surface area contributed by atoms with Crippen LogP contribution in [0.2, 0.25) is 10.0 Å². The molecule has 1 aliphatic heterocycles. The Balaban J connectivity index is 1.36. The number of nitrogens with one attached hydrogen (secondary N) is 1. The smallest absolute Gasteiger partial charge is 0.259 e. The molecule has 0 fully saturated rings. The van der Waals surface area contributed by atoms with E-state index in [2.05, 4.69) is 16.0 Å². The lowest BCUT2D eigenvalue weighted by atomic mass is 10.1. The van der Waals surface area contributed by atoms with Crippen molar-refractivity contribution in [1.82, 2.24) is 4.57 Å². The van der Waals surface area contributed by atoms with E-state index in [1.165, 1.54) is 6.07 Å². The molecule has 0 bridgehead atoms. The SMILES string of the molecule is O=C(Nc1ccc(C(=O)N2Cc3cccn3Cc3ccsc32)cc1)c1ccc(Cl)cc1Cl. The molecule has 5 rings (SSSR count). The summed E-state index contributed by atoms with van der Waals surface area (Å²) in [5.74, 6) is -0.427. The monoisotopic (exact) mass is 481 g/mol. The predicted octanol–water partition coefficient (Wildman–Crippen LogP) is 6.32. The fourth-order valence-corrected chi connectivity index (χ4v) is 5.15. The number of carbonyl (C=O) groups is 2. The number of hydrogen-bond acceptors (Lipinski definition) is 3. The van der Waals surface area contributed by atoms with Crippen LogP contribution in [0.3, 0.4) is 0 Å². The molecule has 0 saturated heterocycles. The van der Waals surface area contributed by atoms with Crippen LogP contribution in [-0.2, 0) is 13.1 Å². The molecule has 2 aromatic carbocycles. The maximum atomic E-state index is 13.4. The van der Waals surface area contributed by atoms with Crippen LogP contribution in [0.15, 0.2) is 72.2 Å². The Hall–Kier alpha value is -3.06.